The highest BCUT2D eigenvalue weighted by Crippen LogP contribution is 2.28. The van der Waals surface area contributed by atoms with Gasteiger partial charge in [-0.15, -0.1) is 0 Å². The van der Waals surface area contributed by atoms with Crippen molar-refractivity contribution in [3.63, 3.8) is 0 Å². The maximum absolute atomic E-state index is 11.0. The maximum atomic E-state index is 11.0. The number of aromatic nitrogens is 2. The Morgan fingerprint density at radius 2 is 2.04 bits per heavy atom. The van der Waals surface area contributed by atoms with Crippen molar-refractivity contribution in [2.75, 3.05) is 0 Å². The fourth-order valence-electron chi connectivity index (χ4n) is 2.64. The van der Waals surface area contributed by atoms with Gasteiger partial charge in [-0.3, -0.25) is 4.79 Å². The van der Waals surface area contributed by atoms with Gasteiger partial charge in [0.2, 0.25) is 0 Å². The Labute approximate surface area is 134 Å². The van der Waals surface area contributed by atoms with Gasteiger partial charge in [0.25, 0.3) is 0 Å². The number of carbonyl (C=O) groups is 1. The van der Waals surface area contributed by atoms with Crippen molar-refractivity contribution in [1.29, 1.82) is 5.26 Å². The van der Waals surface area contributed by atoms with Crippen LogP contribution in [0.1, 0.15) is 27.2 Å². The number of rotatable bonds is 4. The van der Waals surface area contributed by atoms with E-state index in [9.17, 15) is 10.1 Å². The number of nitrogens with zero attached hydrogens (tertiary/aromatic N) is 3. The Kier molecular flexibility index (Phi) is 4.03. The van der Waals surface area contributed by atoms with Gasteiger partial charge in [-0.1, -0.05) is 30.3 Å². The van der Waals surface area contributed by atoms with Crippen LogP contribution in [0.3, 0.4) is 0 Å². The van der Waals surface area contributed by atoms with E-state index in [1.54, 1.807) is 17.1 Å². The van der Waals surface area contributed by atoms with Crippen LogP contribution in [0.2, 0.25) is 0 Å². The molecule has 0 saturated heterocycles. The number of aldehydes is 1. The smallest absolute Gasteiger partial charge is 0.168 e. The van der Waals surface area contributed by atoms with Crippen molar-refractivity contribution in [1.82, 2.24) is 9.55 Å². The van der Waals surface area contributed by atoms with E-state index in [2.05, 4.69) is 11.1 Å². The second-order valence-corrected chi connectivity index (χ2v) is 5.37. The lowest BCUT2D eigenvalue weighted by Crippen LogP contribution is -2.03. The minimum absolute atomic E-state index is 0.534. The topological polar surface area (TPSA) is 58.7 Å². The first-order valence-electron chi connectivity index (χ1n) is 7.27. The zero-order valence-corrected chi connectivity index (χ0v) is 12.7. The fraction of sp³-hybridized carbons (Fsp3) is 0.105. The molecule has 4 heteroatoms. The van der Waals surface area contributed by atoms with Crippen LogP contribution < -0.4 is 0 Å². The summed E-state index contributed by atoms with van der Waals surface area (Å²) in [5.74, 6) is 0. The highest BCUT2D eigenvalue weighted by molar-refractivity contribution is 5.74. The number of aryl methyl sites for hydroxylation is 1. The minimum Gasteiger partial charge on any atom is -0.324 e. The van der Waals surface area contributed by atoms with E-state index in [4.69, 9.17) is 0 Å². The first-order valence-corrected chi connectivity index (χ1v) is 7.27. The van der Waals surface area contributed by atoms with Crippen molar-refractivity contribution in [2.24, 2.45) is 0 Å². The molecule has 0 amide bonds. The number of hydrogen-bond donors (Lipinski definition) is 0. The third-order valence-electron chi connectivity index (χ3n) is 3.86. The number of nitriles is 1. The summed E-state index contributed by atoms with van der Waals surface area (Å²) in [5, 5.41) is 9.39. The van der Waals surface area contributed by atoms with Gasteiger partial charge in [-0.25, -0.2) is 4.98 Å². The third-order valence-corrected chi connectivity index (χ3v) is 3.86. The summed E-state index contributed by atoms with van der Waals surface area (Å²) in [4.78, 5) is 15.0. The predicted molar refractivity (Wildman–Crippen MR) is 88.0 cm³/mol. The average molecular weight is 301 g/mol. The van der Waals surface area contributed by atoms with Crippen molar-refractivity contribution in [3.8, 4) is 17.2 Å². The number of imidazole rings is 1. The van der Waals surface area contributed by atoms with Crippen LogP contribution in [-0.2, 0) is 6.54 Å². The normalized spacial score (nSPS) is 10.3. The largest absolute Gasteiger partial charge is 0.324 e. The molecule has 0 aliphatic rings. The van der Waals surface area contributed by atoms with Crippen LogP contribution in [0.4, 0.5) is 0 Å². The van der Waals surface area contributed by atoms with E-state index in [-0.39, 0.29) is 0 Å². The quantitative estimate of drug-likeness (QED) is 0.692. The molecule has 2 aromatic carbocycles. The van der Waals surface area contributed by atoms with Crippen LogP contribution in [0, 0.1) is 18.3 Å². The van der Waals surface area contributed by atoms with Crippen molar-refractivity contribution >= 4 is 6.29 Å². The molecule has 4 nitrogen and oxygen atoms in total. The molecule has 0 spiro atoms. The first kappa shape index (κ1) is 14.7. The summed E-state index contributed by atoms with van der Waals surface area (Å²) in [6, 6.07) is 16.0. The van der Waals surface area contributed by atoms with Gasteiger partial charge < -0.3 is 4.57 Å². The van der Waals surface area contributed by atoms with E-state index >= 15 is 0 Å². The summed E-state index contributed by atoms with van der Waals surface area (Å²) in [6.45, 7) is 2.57. The van der Waals surface area contributed by atoms with E-state index < -0.39 is 0 Å². The van der Waals surface area contributed by atoms with Crippen LogP contribution in [0.5, 0.6) is 0 Å². The second kappa shape index (κ2) is 6.29. The van der Waals surface area contributed by atoms with Crippen molar-refractivity contribution in [3.05, 3.63) is 77.4 Å². The maximum Gasteiger partial charge on any atom is 0.168 e. The van der Waals surface area contributed by atoms with E-state index in [1.165, 1.54) is 0 Å². The summed E-state index contributed by atoms with van der Waals surface area (Å²) < 4.78 is 1.79. The standard InChI is InChI=1S/C19H15N3O/c1-14-4-2-3-5-18(14)19-8-15(6-7-16(19)9-20)11-22-13-21-10-17(22)12-23/h2-8,10,12-13H,11H2,1H3. The van der Waals surface area contributed by atoms with Gasteiger partial charge in [-0.05, 0) is 35.7 Å². The molecule has 0 atom stereocenters. The fourth-order valence-corrected chi connectivity index (χ4v) is 2.64. The van der Waals surface area contributed by atoms with Crippen molar-refractivity contribution < 1.29 is 4.79 Å². The Balaban J connectivity index is 2.05. The van der Waals surface area contributed by atoms with E-state index in [1.807, 2.05) is 49.4 Å². The second-order valence-electron chi connectivity index (χ2n) is 5.37. The number of benzene rings is 2. The summed E-state index contributed by atoms with van der Waals surface area (Å²) in [6.07, 6.45) is 3.97. The number of carbonyl (C=O) groups excluding carboxylic acids is 1. The monoisotopic (exact) mass is 301 g/mol. The summed E-state index contributed by atoms with van der Waals surface area (Å²) >= 11 is 0. The molecule has 0 unspecified atom stereocenters. The van der Waals surface area contributed by atoms with Gasteiger partial charge in [0.15, 0.2) is 6.29 Å². The Morgan fingerprint density at radius 1 is 1.22 bits per heavy atom. The lowest BCUT2D eigenvalue weighted by Gasteiger charge is -2.11. The lowest BCUT2D eigenvalue weighted by molar-refractivity contribution is 0.111. The highest BCUT2D eigenvalue weighted by atomic mass is 16.1. The zero-order chi connectivity index (χ0) is 16.2. The summed E-state index contributed by atoms with van der Waals surface area (Å²) in [5.41, 5.74) is 5.28. The van der Waals surface area contributed by atoms with Gasteiger partial charge in [0.05, 0.1) is 24.2 Å². The molecule has 0 fully saturated rings. The molecular weight excluding hydrogens is 286 g/mol. The molecule has 0 aliphatic carbocycles. The molecule has 3 aromatic rings. The summed E-state index contributed by atoms with van der Waals surface area (Å²) in [7, 11) is 0. The van der Waals surface area contributed by atoms with E-state index in [0.717, 1.165) is 28.5 Å². The Morgan fingerprint density at radius 3 is 2.78 bits per heavy atom. The molecule has 112 valence electrons. The van der Waals surface area contributed by atoms with Gasteiger partial charge in [0.1, 0.15) is 5.69 Å². The van der Waals surface area contributed by atoms with Gasteiger partial charge in [0, 0.05) is 12.1 Å². The minimum atomic E-state index is 0.534. The molecule has 1 aromatic heterocycles. The molecule has 3 rings (SSSR count). The van der Waals surface area contributed by atoms with Crippen molar-refractivity contribution in [2.45, 2.75) is 13.5 Å². The molecule has 0 aliphatic heterocycles. The predicted octanol–water partition coefficient (Wildman–Crippen LogP) is 3.59. The zero-order valence-electron chi connectivity index (χ0n) is 12.7. The molecule has 0 bridgehead atoms. The molecule has 0 N–H and O–H groups in total. The van der Waals surface area contributed by atoms with Crippen LogP contribution in [0.25, 0.3) is 11.1 Å². The molecule has 0 saturated carbocycles. The molecular formula is C19H15N3O. The van der Waals surface area contributed by atoms with Crippen LogP contribution in [-0.4, -0.2) is 15.8 Å². The average Bonchev–Trinajstić information content (AvgIpc) is 3.02. The first-order chi connectivity index (χ1) is 11.2. The van der Waals surface area contributed by atoms with Gasteiger partial charge in [-0.2, -0.15) is 5.26 Å². The third kappa shape index (κ3) is 2.90. The van der Waals surface area contributed by atoms with Crippen LogP contribution in [0.15, 0.2) is 55.0 Å². The number of hydrogen-bond acceptors (Lipinski definition) is 3. The Bertz CT molecular complexity index is 903. The molecule has 1 heterocycles. The Hall–Kier alpha value is -3.19. The molecule has 23 heavy (non-hydrogen) atoms. The highest BCUT2D eigenvalue weighted by Gasteiger charge is 2.09. The van der Waals surface area contributed by atoms with Gasteiger partial charge >= 0.3 is 0 Å². The van der Waals surface area contributed by atoms with E-state index in [0.29, 0.717) is 17.8 Å². The lowest BCUT2D eigenvalue weighted by atomic mass is 9.94. The SMILES string of the molecule is Cc1ccccc1-c1cc(Cn2cncc2C=O)ccc1C#N. The molecule has 0 radical (unpaired) electrons. The van der Waals surface area contributed by atoms with Crippen LogP contribution >= 0.6 is 0 Å².